The SMILES string of the molecule is NC1CCC(CNc2cccc(F)c2)C1. The van der Waals surface area contributed by atoms with Gasteiger partial charge in [0, 0.05) is 18.3 Å². The molecule has 1 fully saturated rings. The van der Waals surface area contributed by atoms with Crippen molar-refractivity contribution in [1.82, 2.24) is 0 Å². The Hall–Kier alpha value is -1.09. The second kappa shape index (κ2) is 4.62. The number of rotatable bonds is 3. The minimum Gasteiger partial charge on any atom is -0.385 e. The van der Waals surface area contributed by atoms with Crippen molar-refractivity contribution in [2.24, 2.45) is 11.7 Å². The molecule has 1 aliphatic rings. The molecule has 1 saturated carbocycles. The van der Waals surface area contributed by atoms with Crippen molar-refractivity contribution >= 4 is 5.69 Å². The van der Waals surface area contributed by atoms with E-state index in [0.29, 0.717) is 12.0 Å². The van der Waals surface area contributed by atoms with E-state index in [-0.39, 0.29) is 5.82 Å². The van der Waals surface area contributed by atoms with Crippen molar-refractivity contribution in [3.05, 3.63) is 30.1 Å². The number of benzene rings is 1. The first-order valence-corrected chi connectivity index (χ1v) is 5.49. The summed E-state index contributed by atoms with van der Waals surface area (Å²) < 4.78 is 12.9. The summed E-state index contributed by atoms with van der Waals surface area (Å²) in [5.41, 5.74) is 6.69. The minimum atomic E-state index is -0.192. The maximum atomic E-state index is 12.9. The van der Waals surface area contributed by atoms with Crippen molar-refractivity contribution in [2.45, 2.75) is 25.3 Å². The summed E-state index contributed by atoms with van der Waals surface area (Å²) in [6.45, 7) is 0.900. The van der Waals surface area contributed by atoms with Gasteiger partial charge in [0.25, 0.3) is 0 Å². The molecule has 0 heterocycles. The normalized spacial score (nSPS) is 25.5. The van der Waals surface area contributed by atoms with E-state index in [0.717, 1.165) is 25.1 Å². The van der Waals surface area contributed by atoms with Crippen molar-refractivity contribution < 1.29 is 4.39 Å². The first-order chi connectivity index (χ1) is 7.24. The Morgan fingerprint density at radius 2 is 2.27 bits per heavy atom. The van der Waals surface area contributed by atoms with Crippen LogP contribution in [-0.2, 0) is 0 Å². The minimum absolute atomic E-state index is 0.192. The monoisotopic (exact) mass is 208 g/mol. The summed E-state index contributed by atoms with van der Waals surface area (Å²) in [5.74, 6) is 0.450. The topological polar surface area (TPSA) is 38.0 Å². The maximum Gasteiger partial charge on any atom is 0.125 e. The molecule has 1 aromatic carbocycles. The van der Waals surface area contributed by atoms with E-state index >= 15 is 0 Å². The van der Waals surface area contributed by atoms with Gasteiger partial charge in [0.05, 0.1) is 0 Å². The molecular weight excluding hydrogens is 191 g/mol. The lowest BCUT2D eigenvalue weighted by Gasteiger charge is -2.12. The molecule has 0 bridgehead atoms. The molecule has 0 aliphatic heterocycles. The van der Waals surface area contributed by atoms with E-state index in [1.807, 2.05) is 6.07 Å². The van der Waals surface area contributed by atoms with E-state index < -0.39 is 0 Å². The second-order valence-corrected chi connectivity index (χ2v) is 4.33. The van der Waals surface area contributed by atoms with Crippen LogP contribution in [0.1, 0.15) is 19.3 Å². The summed E-state index contributed by atoms with van der Waals surface area (Å²) >= 11 is 0. The molecule has 0 aromatic heterocycles. The fourth-order valence-electron chi connectivity index (χ4n) is 2.16. The lowest BCUT2D eigenvalue weighted by Crippen LogP contribution is -2.17. The van der Waals surface area contributed by atoms with Gasteiger partial charge in [-0.1, -0.05) is 6.07 Å². The van der Waals surface area contributed by atoms with Crippen LogP contribution in [0.5, 0.6) is 0 Å². The van der Waals surface area contributed by atoms with Gasteiger partial charge in [-0.25, -0.2) is 4.39 Å². The molecule has 2 rings (SSSR count). The van der Waals surface area contributed by atoms with Crippen LogP contribution < -0.4 is 11.1 Å². The van der Waals surface area contributed by atoms with Crippen LogP contribution in [0.25, 0.3) is 0 Å². The number of hydrogen-bond acceptors (Lipinski definition) is 2. The highest BCUT2D eigenvalue weighted by molar-refractivity contribution is 5.43. The predicted molar refractivity (Wildman–Crippen MR) is 60.2 cm³/mol. The first kappa shape index (κ1) is 10.4. The molecule has 15 heavy (non-hydrogen) atoms. The van der Waals surface area contributed by atoms with Crippen LogP contribution >= 0.6 is 0 Å². The predicted octanol–water partition coefficient (Wildman–Crippen LogP) is 2.37. The van der Waals surface area contributed by atoms with Crippen molar-refractivity contribution in [2.75, 3.05) is 11.9 Å². The van der Waals surface area contributed by atoms with Crippen molar-refractivity contribution in [3.8, 4) is 0 Å². The smallest absolute Gasteiger partial charge is 0.125 e. The summed E-state index contributed by atoms with van der Waals surface area (Å²) in [6, 6.07) is 6.95. The zero-order chi connectivity index (χ0) is 10.7. The van der Waals surface area contributed by atoms with Gasteiger partial charge in [-0.05, 0) is 43.4 Å². The fourth-order valence-corrected chi connectivity index (χ4v) is 2.16. The third kappa shape index (κ3) is 2.93. The number of nitrogens with one attached hydrogen (secondary N) is 1. The van der Waals surface area contributed by atoms with Crippen molar-refractivity contribution in [1.29, 1.82) is 0 Å². The van der Waals surface area contributed by atoms with Gasteiger partial charge < -0.3 is 11.1 Å². The van der Waals surface area contributed by atoms with Gasteiger partial charge in [-0.2, -0.15) is 0 Å². The number of anilines is 1. The molecule has 3 heteroatoms. The Morgan fingerprint density at radius 3 is 2.93 bits per heavy atom. The third-order valence-corrected chi connectivity index (χ3v) is 3.00. The molecule has 0 spiro atoms. The fraction of sp³-hybridized carbons (Fsp3) is 0.500. The number of nitrogens with two attached hydrogens (primary N) is 1. The van der Waals surface area contributed by atoms with Crippen LogP contribution in [0, 0.1) is 11.7 Å². The zero-order valence-electron chi connectivity index (χ0n) is 8.75. The lowest BCUT2D eigenvalue weighted by molar-refractivity contribution is 0.565. The number of halogens is 1. The Morgan fingerprint density at radius 1 is 1.40 bits per heavy atom. The van der Waals surface area contributed by atoms with E-state index in [4.69, 9.17) is 5.73 Å². The molecule has 2 atom stereocenters. The van der Waals surface area contributed by atoms with Crippen molar-refractivity contribution in [3.63, 3.8) is 0 Å². The molecule has 2 nitrogen and oxygen atoms in total. The highest BCUT2D eigenvalue weighted by Crippen LogP contribution is 2.24. The summed E-state index contributed by atoms with van der Waals surface area (Å²) in [7, 11) is 0. The Bertz CT molecular complexity index is 327. The average molecular weight is 208 g/mol. The van der Waals surface area contributed by atoms with Gasteiger partial charge in [0.2, 0.25) is 0 Å². The molecular formula is C12H17FN2. The summed E-state index contributed by atoms with van der Waals surface area (Å²) in [4.78, 5) is 0. The van der Waals surface area contributed by atoms with Crippen LogP contribution in [0.4, 0.5) is 10.1 Å². The Kier molecular flexibility index (Phi) is 3.21. The van der Waals surface area contributed by atoms with E-state index in [9.17, 15) is 4.39 Å². The van der Waals surface area contributed by atoms with Gasteiger partial charge >= 0.3 is 0 Å². The summed E-state index contributed by atoms with van der Waals surface area (Å²) in [5, 5.41) is 3.25. The van der Waals surface area contributed by atoms with Gasteiger partial charge in [-0.3, -0.25) is 0 Å². The van der Waals surface area contributed by atoms with E-state index in [2.05, 4.69) is 5.32 Å². The van der Waals surface area contributed by atoms with Crippen LogP contribution in [0.15, 0.2) is 24.3 Å². The zero-order valence-corrected chi connectivity index (χ0v) is 8.75. The molecule has 82 valence electrons. The molecule has 0 radical (unpaired) electrons. The Balaban J connectivity index is 1.83. The molecule has 0 saturated heterocycles. The molecule has 1 aliphatic carbocycles. The van der Waals surface area contributed by atoms with E-state index in [1.165, 1.54) is 18.6 Å². The average Bonchev–Trinajstić information content (AvgIpc) is 2.62. The van der Waals surface area contributed by atoms with Crippen LogP contribution in [0.3, 0.4) is 0 Å². The molecule has 2 unspecified atom stereocenters. The highest BCUT2D eigenvalue weighted by Gasteiger charge is 2.21. The quantitative estimate of drug-likeness (QED) is 0.800. The standard InChI is InChI=1S/C12H17FN2/c13-10-2-1-3-12(7-10)15-8-9-4-5-11(14)6-9/h1-3,7,9,11,15H,4-6,8,14H2. The Labute approximate surface area is 89.7 Å². The summed E-state index contributed by atoms with van der Waals surface area (Å²) in [6.07, 6.45) is 3.39. The molecule has 3 N–H and O–H groups in total. The largest absolute Gasteiger partial charge is 0.385 e. The van der Waals surface area contributed by atoms with Crippen LogP contribution in [0.2, 0.25) is 0 Å². The van der Waals surface area contributed by atoms with E-state index in [1.54, 1.807) is 6.07 Å². The van der Waals surface area contributed by atoms with Gasteiger partial charge in [0.15, 0.2) is 0 Å². The number of hydrogen-bond donors (Lipinski definition) is 2. The maximum absolute atomic E-state index is 12.9. The first-order valence-electron chi connectivity index (χ1n) is 5.49. The highest BCUT2D eigenvalue weighted by atomic mass is 19.1. The van der Waals surface area contributed by atoms with Gasteiger partial charge in [-0.15, -0.1) is 0 Å². The third-order valence-electron chi connectivity index (χ3n) is 3.00. The lowest BCUT2D eigenvalue weighted by atomic mass is 10.1. The second-order valence-electron chi connectivity index (χ2n) is 4.33. The molecule has 1 aromatic rings. The van der Waals surface area contributed by atoms with Gasteiger partial charge in [0.1, 0.15) is 5.82 Å². The van der Waals surface area contributed by atoms with Crippen LogP contribution in [-0.4, -0.2) is 12.6 Å². The molecule has 0 amide bonds.